The SMILES string of the molecule is CCNCc1c(C)cc(C)nc1N(C)CCCN(C)C. The summed E-state index contributed by atoms with van der Waals surface area (Å²) >= 11 is 0. The van der Waals surface area contributed by atoms with E-state index in [-0.39, 0.29) is 0 Å². The van der Waals surface area contributed by atoms with Crippen LogP contribution in [0.25, 0.3) is 0 Å². The molecular weight excluding hydrogens is 248 g/mol. The van der Waals surface area contributed by atoms with Crippen LogP contribution in [0.5, 0.6) is 0 Å². The topological polar surface area (TPSA) is 31.4 Å². The van der Waals surface area contributed by atoms with Crippen molar-refractivity contribution in [3.8, 4) is 0 Å². The van der Waals surface area contributed by atoms with E-state index in [1.54, 1.807) is 0 Å². The highest BCUT2D eigenvalue weighted by Crippen LogP contribution is 2.21. The molecule has 1 N–H and O–H groups in total. The Balaban J connectivity index is 2.84. The summed E-state index contributed by atoms with van der Waals surface area (Å²) in [4.78, 5) is 9.27. The van der Waals surface area contributed by atoms with E-state index in [1.807, 2.05) is 0 Å². The highest BCUT2D eigenvalue weighted by atomic mass is 15.2. The largest absolute Gasteiger partial charge is 0.359 e. The number of hydrogen-bond acceptors (Lipinski definition) is 4. The van der Waals surface area contributed by atoms with Crippen molar-refractivity contribution < 1.29 is 0 Å². The Bertz CT molecular complexity index is 415. The lowest BCUT2D eigenvalue weighted by Crippen LogP contribution is -2.26. The molecule has 0 aliphatic carbocycles. The van der Waals surface area contributed by atoms with E-state index in [2.05, 4.69) is 63.1 Å². The standard InChI is InChI=1S/C16H30N4/c1-7-17-12-15-13(2)11-14(3)18-16(15)20(6)10-8-9-19(4)5/h11,17H,7-10,12H2,1-6H3. The van der Waals surface area contributed by atoms with Crippen LogP contribution in [0.3, 0.4) is 0 Å². The molecule has 114 valence electrons. The van der Waals surface area contributed by atoms with Gasteiger partial charge in [0.05, 0.1) is 0 Å². The molecule has 0 saturated heterocycles. The fourth-order valence-electron chi connectivity index (χ4n) is 2.36. The van der Waals surface area contributed by atoms with E-state index >= 15 is 0 Å². The quantitative estimate of drug-likeness (QED) is 0.790. The first-order valence-electron chi connectivity index (χ1n) is 7.49. The van der Waals surface area contributed by atoms with E-state index in [1.165, 1.54) is 11.1 Å². The molecule has 0 unspecified atom stereocenters. The molecule has 0 amide bonds. The zero-order valence-electron chi connectivity index (χ0n) is 14.0. The normalized spacial score (nSPS) is 11.2. The summed E-state index contributed by atoms with van der Waals surface area (Å²) in [5.41, 5.74) is 3.75. The summed E-state index contributed by atoms with van der Waals surface area (Å²) in [6, 6.07) is 2.17. The fourth-order valence-corrected chi connectivity index (χ4v) is 2.36. The van der Waals surface area contributed by atoms with Crippen molar-refractivity contribution in [2.24, 2.45) is 0 Å². The van der Waals surface area contributed by atoms with Crippen molar-refractivity contribution in [2.45, 2.75) is 33.7 Å². The third kappa shape index (κ3) is 5.10. The smallest absolute Gasteiger partial charge is 0.133 e. The molecule has 1 aromatic rings. The van der Waals surface area contributed by atoms with Gasteiger partial charge < -0.3 is 15.1 Å². The Morgan fingerprint density at radius 2 is 1.85 bits per heavy atom. The molecule has 0 saturated carbocycles. The number of hydrogen-bond donors (Lipinski definition) is 1. The highest BCUT2D eigenvalue weighted by Gasteiger charge is 2.12. The molecule has 0 atom stereocenters. The van der Waals surface area contributed by atoms with Gasteiger partial charge in [-0.15, -0.1) is 0 Å². The van der Waals surface area contributed by atoms with E-state index in [4.69, 9.17) is 4.98 Å². The van der Waals surface area contributed by atoms with Crippen LogP contribution in [0, 0.1) is 13.8 Å². The second kappa shape index (κ2) is 8.22. The molecule has 0 aliphatic rings. The lowest BCUT2D eigenvalue weighted by molar-refractivity contribution is 0.401. The van der Waals surface area contributed by atoms with Crippen LogP contribution in [0.15, 0.2) is 6.07 Å². The Labute approximate surface area is 124 Å². The number of anilines is 1. The molecule has 0 aliphatic heterocycles. The predicted molar refractivity (Wildman–Crippen MR) is 87.5 cm³/mol. The van der Waals surface area contributed by atoms with Crippen LogP contribution in [0.4, 0.5) is 5.82 Å². The number of nitrogens with one attached hydrogen (secondary N) is 1. The van der Waals surface area contributed by atoms with Crippen LogP contribution in [0.1, 0.15) is 30.2 Å². The second-order valence-electron chi connectivity index (χ2n) is 5.74. The number of pyridine rings is 1. The van der Waals surface area contributed by atoms with E-state index in [0.29, 0.717) is 0 Å². The minimum atomic E-state index is 0.892. The highest BCUT2D eigenvalue weighted by molar-refractivity contribution is 5.51. The van der Waals surface area contributed by atoms with Crippen LogP contribution in [-0.2, 0) is 6.54 Å². The molecule has 0 bridgehead atoms. The van der Waals surface area contributed by atoms with Gasteiger partial charge in [-0.05, 0) is 59.1 Å². The molecule has 1 heterocycles. The summed E-state index contributed by atoms with van der Waals surface area (Å²) in [5, 5.41) is 3.42. The van der Waals surface area contributed by atoms with Gasteiger partial charge in [0.15, 0.2) is 0 Å². The molecule has 1 rings (SSSR count). The zero-order chi connectivity index (χ0) is 15.1. The monoisotopic (exact) mass is 278 g/mol. The first kappa shape index (κ1) is 16.9. The van der Waals surface area contributed by atoms with Crippen molar-refractivity contribution in [3.63, 3.8) is 0 Å². The predicted octanol–water partition coefficient (Wildman–Crippen LogP) is 2.20. The van der Waals surface area contributed by atoms with Gasteiger partial charge in [0.25, 0.3) is 0 Å². The first-order valence-corrected chi connectivity index (χ1v) is 7.49. The van der Waals surface area contributed by atoms with Crippen molar-refractivity contribution in [1.82, 2.24) is 15.2 Å². The maximum atomic E-state index is 4.76. The van der Waals surface area contributed by atoms with Crippen LogP contribution in [-0.4, -0.2) is 50.7 Å². The Morgan fingerprint density at radius 1 is 1.15 bits per heavy atom. The number of rotatable bonds is 8. The molecule has 1 aromatic heterocycles. The van der Waals surface area contributed by atoms with Gasteiger partial charge in [0.2, 0.25) is 0 Å². The number of nitrogens with zero attached hydrogens (tertiary/aromatic N) is 3. The molecule has 0 aromatic carbocycles. The van der Waals surface area contributed by atoms with E-state index in [0.717, 1.165) is 44.1 Å². The first-order chi connectivity index (χ1) is 9.45. The second-order valence-corrected chi connectivity index (χ2v) is 5.74. The van der Waals surface area contributed by atoms with Crippen LogP contribution in [0.2, 0.25) is 0 Å². The Morgan fingerprint density at radius 3 is 2.45 bits per heavy atom. The molecule has 0 fully saturated rings. The van der Waals surface area contributed by atoms with Crippen molar-refractivity contribution in [3.05, 3.63) is 22.9 Å². The summed E-state index contributed by atoms with van der Waals surface area (Å²) in [6.45, 7) is 10.4. The average Bonchev–Trinajstić information content (AvgIpc) is 2.36. The number of aromatic nitrogens is 1. The third-order valence-electron chi connectivity index (χ3n) is 3.47. The minimum absolute atomic E-state index is 0.892. The van der Waals surface area contributed by atoms with Crippen LogP contribution >= 0.6 is 0 Å². The summed E-state index contributed by atoms with van der Waals surface area (Å²) in [6.07, 6.45) is 1.15. The molecular formula is C16H30N4. The van der Waals surface area contributed by atoms with Gasteiger partial charge in [0, 0.05) is 31.4 Å². The number of aryl methyl sites for hydroxylation is 2. The van der Waals surface area contributed by atoms with E-state index in [9.17, 15) is 0 Å². The van der Waals surface area contributed by atoms with Crippen molar-refractivity contribution >= 4 is 5.82 Å². The summed E-state index contributed by atoms with van der Waals surface area (Å²) in [5.74, 6) is 1.13. The van der Waals surface area contributed by atoms with Gasteiger partial charge in [-0.2, -0.15) is 0 Å². The minimum Gasteiger partial charge on any atom is -0.359 e. The summed E-state index contributed by atoms with van der Waals surface area (Å²) in [7, 11) is 6.38. The fraction of sp³-hybridized carbons (Fsp3) is 0.688. The lowest BCUT2D eigenvalue weighted by atomic mass is 10.1. The molecule has 0 radical (unpaired) electrons. The molecule has 4 nitrogen and oxygen atoms in total. The van der Waals surface area contributed by atoms with Crippen molar-refractivity contribution in [1.29, 1.82) is 0 Å². The lowest BCUT2D eigenvalue weighted by Gasteiger charge is -2.24. The van der Waals surface area contributed by atoms with Crippen LogP contribution < -0.4 is 10.2 Å². The third-order valence-corrected chi connectivity index (χ3v) is 3.47. The average molecular weight is 278 g/mol. The Kier molecular flexibility index (Phi) is 6.96. The van der Waals surface area contributed by atoms with Gasteiger partial charge in [-0.3, -0.25) is 0 Å². The molecule has 20 heavy (non-hydrogen) atoms. The zero-order valence-corrected chi connectivity index (χ0v) is 14.0. The van der Waals surface area contributed by atoms with Gasteiger partial charge in [-0.25, -0.2) is 4.98 Å². The summed E-state index contributed by atoms with van der Waals surface area (Å²) < 4.78 is 0. The van der Waals surface area contributed by atoms with Gasteiger partial charge in [-0.1, -0.05) is 6.92 Å². The van der Waals surface area contributed by atoms with Gasteiger partial charge in [0.1, 0.15) is 5.82 Å². The van der Waals surface area contributed by atoms with Crippen molar-refractivity contribution in [2.75, 3.05) is 45.7 Å². The molecule has 4 heteroatoms. The maximum Gasteiger partial charge on any atom is 0.133 e. The Hall–Kier alpha value is -1.13. The van der Waals surface area contributed by atoms with E-state index < -0.39 is 0 Å². The molecule has 0 spiro atoms. The maximum absolute atomic E-state index is 4.76. The van der Waals surface area contributed by atoms with Gasteiger partial charge >= 0.3 is 0 Å².